The lowest BCUT2D eigenvalue weighted by Gasteiger charge is -2.42. The van der Waals surface area contributed by atoms with Crippen molar-refractivity contribution in [3.05, 3.63) is 0 Å². The minimum absolute atomic E-state index is 0.107. The SMILES string of the molecule is CNC1(CC(=O)OC)CCCCC1OC. The molecule has 4 heteroatoms. The van der Waals surface area contributed by atoms with Crippen LogP contribution in [0.4, 0.5) is 0 Å². The first-order valence-corrected chi connectivity index (χ1v) is 5.47. The van der Waals surface area contributed by atoms with Gasteiger partial charge in [-0.2, -0.15) is 0 Å². The number of carbonyl (C=O) groups excluding carboxylic acids is 1. The molecule has 1 fully saturated rings. The summed E-state index contributed by atoms with van der Waals surface area (Å²) in [6.07, 6.45) is 4.78. The van der Waals surface area contributed by atoms with Gasteiger partial charge in [-0.1, -0.05) is 12.8 Å². The highest BCUT2D eigenvalue weighted by Crippen LogP contribution is 2.33. The van der Waals surface area contributed by atoms with E-state index in [0.29, 0.717) is 6.42 Å². The van der Waals surface area contributed by atoms with Gasteiger partial charge in [-0.05, 0) is 19.9 Å². The maximum absolute atomic E-state index is 11.4. The van der Waals surface area contributed by atoms with E-state index in [-0.39, 0.29) is 17.6 Å². The molecule has 15 heavy (non-hydrogen) atoms. The minimum atomic E-state index is -0.236. The predicted molar refractivity (Wildman–Crippen MR) is 57.7 cm³/mol. The van der Waals surface area contributed by atoms with Gasteiger partial charge < -0.3 is 14.8 Å². The van der Waals surface area contributed by atoms with Crippen LogP contribution in [0.15, 0.2) is 0 Å². The Hall–Kier alpha value is -0.610. The lowest BCUT2D eigenvalue weighted by atomic mass is 9.77. The van der Waals surface area contributed by atoms with Gasteiger partial charge in [0, 0.05) is 7.11 Å². The molecule has 4 nitrogen and oxygen atoms in total. The lowest BCUT2D eigenvalue weighted by molar-refractivity contribution is -0.145. The molecular weight excluding hydrogens is 194 g/mol. The predicted octanol–water partition coefficient (Wildman–Crippen LogP) is 1.10. The molecule has 0 amide bonds. The summed E-state index contributed by atoms with van der Waals surface area (Å²) in [5.41, 5.74) is -0.236. The van der Waals surface area contributed by atoms with Crippen molar-refractivity contribution >= 4 is 5.97 Å². The van der Waals surface area contributed by atoms with Crippen LogP contribution in [-0.4, -0.2) is 38.9 Å². The summed E-state index contributed by atoms with van der Waals surface area (Å²) in [5, 5.41) is 3.26. The summed E-state index contributed by atoms with van der Waals surface area (Å²) in [5.74, 6) is -0.173. The van der Waals surface area contributed by atoms with Gasteiger partial charge in [0.25, 0.3) is 0 Å². The normalized spacial score (nSPS) is 31.3. The molecule has 0 aromatic carbocycles. The Morgan fingerprint density at radius 1 is 1.47 bits per heavy atom. The fourth-order valence-corrected chi connectivity index (χ4v) is 2.46. The Bertz CT molecular complexity index is 220. The van der Waals surface area contributed by atoms with Gasteiger partial charge >= 0.3 is 5.97 Å². The Morgan fingerprint density at radius 2 is 2.20 bits per heavy atom. The molecule has 2 unspecified atom stereocenters. The molecule has 2 atom stereocenters. The van der Waals surface area contributed by atoms with E-state index < -0.39 is 0 Å². The van der Waals surface area contributed by atoms with Crippen LogP contribution in [0, 0.1) is 0 Å². The van der Waals surface area contributed by atoms with Crippen LogP contribution in [0.2, 0.25) is 0 Å². The van der Waals surface area contributed by atoms with E-state index in [2.05, 4.69) is 5.32 Å². The molecule has 0 aromatic rings. The smallest absolute Gasteiger partial charge is 0.307 e. The zero-order valence-corrected chi connectivity index (χ0v) is 9.84. The maximum atomic E-state index is 11.4. The molecule has 1 saturated carbocycles. The van der Waals surface area contributed by atoms with E-state index in [1.54, 1.807) is 7.11 Å². The van der Waals surface area contributed by atoms with Crippen LogP contribution in [-0.2, 0) is 14.3 Å². The second-order valence-electron chi connectivity index (χ2n) is 4.13. The molecule has 0 aliphatic heterocycles. The topological polar surface area (TPSA) is 47.6 Å². The van der Waals surface area contributed by atoms with E-state index in [1.165, 1.54) is 13.5 Å². The molecule has 0 heterocycles. The first kappa shape index (κ1) is 12.5. The van der Waals surface area contributed by atoms with Crippen molar-refractivity contribution in [1.29, 1.82) is 0 Å². The molecule has 0 bridgehead atoms. The monoisotopic (exact) mass is 215 g/mol. The fraction of sp³-hybridized carbons (Fsp3) is 0.909. The largest absolute Gasteiger partial charge is 0.469 e. The van der Waals surface area contributed by atoms with Crippen molar-refractivity contribution in [2.45, 2.75) is 43.7 Å². The summed E-state index contributed by atoms with van der Waals surface area (Å²) in [4.78, 5) is 11.4. The summed E-state index contributed by atoms with van der Waals surface area (Å²) < 4.78 is 10.2. The Morgan fingerprint density at radius 3 is 2.73 bits per heavy atom. The van der Waals surface area contributed by atoms with E-state index in [4.69, 9.17) is 9.47 Å². The summed E-state index contributed by atoms with van der Waals surface area (Å²) in [6.45, 7) is 0. The Balaban J connectivity index is 2.74. The number of rotatable bonds is 4. The number of hydrogen-bond donors (Lipinski definition) is 1. The quantitative estimate of drug-likeness (QED) is 0.713. The molecule has 1 aliphatic carbocycles. The molecule has 0 aromatic heterocycles. The number of methoxy groups -OCH3 is 2. The van der Waals surface area contributed by atoms with Crippen LogP contribution in [0.1, 0.15) is 32.1 Å². The average molecular weight is 215 g/mol. The van der Waals surface area contributed by atoms with Gasteiger partial charge in [0.2, 0.25) is 0 Å². The zero-order valence-electron chi connectivity index (χ0n) is 9.84. The lowest BCUT2D eigenvalue weighted by Crippen LogP contribution is -2.56. The van der Waals surface area contributed by atoms with Crippen LogP contribution in [0.5, 0.6) is 0 Å². The third kappa shape index (κ3) is 2.69. The van der Waals surface area contributed by atoms with Crippen molar-refractivity contribution in [2.24, 2.45) is 0 Å². The van der Waals surface area contributed by atoms with E-state index in [9.17, 15) is 4.79 Å². The fourth-order valence-electron chi connectivity index (χ4n) is 2.46. The number of esters is 1. The van der Waals surface area contributed by atoms with Gasteiger partial charge in [-0.25, -0.2) is 0 Å². The minimum Gasteiger partial charge on any atom is -0.469 e. The number of carbonyl (C=O) groups is 1. The van der Waals surface area contributed by atoms with Crippen molar-refractivity contribution in [1.82, 2.24) is 5.32 Å². The molecular formula is C11H21NO3. The van der Waals surface area contributed by atoms with Crippen LogP contribution >= 0.6 is 0 Å². The Kier molecular flexibility index (Phi) is 4.54. The summed E-state index contributed by atoms with van der Waals surface area (Å²) in [6, 6.07) is 0. The van der Waals surface area contributed by atoms with E-state index in [1.807, 2.05) is 7.05 Å². The van der Waals surface area contributed by atoms with Crippen molar-refractivity contribution in [3.8, 4) is 0 Å². The number of hydrogen-bond acceptors (Lipinski definition) is 4. The number of nitrogens with one attached hydrogen (secondary N) is 1. The highest BCUT2D eigenvalue weighted by atomic mass is 16.5. The van der Waals surface area contributed by atoms with Gasteiger partial charge in [0.1, 0.15) is 0 Å². The van der Waals surface area contributed by atoms with E-state index >= 15 is 0 Å². The zero-order chi connectivity index (χ0) is 11.3. The standard InChI is InChI=1S/C11H21NO3/c1-12-11(8-10(13)15-3)7-5-4-6-9(11)14-2/h9,12H,4-8H2,1-3H3. The molecule has 1 aliphatic rings. The molecule has 88 valence electrons. The molecule has 1 N–H and O–H groups in total. The second-order valence-corrected chi connectivity index (χ2v) is 4.13. The third-order valence-corrected chi connectivity index (χ3v) is 3.43. The molecule has 1 rings (SSSR count). The maximum Gasteiger partial charge on any atom is 0.307 e. The van der Waals surface area contributed by atoms with Gasteiger partial charge in [-0.3, -0.25) is 4.79 Å². The van der Waals surface area contributed by atoms with Crippen molar-refractivity contribution in [2.75, 3.05) is 21.3 Å². The summed E-state index contributed by atoms with van der Waals surface area (Å²) in [7, 11) is 5.02. The molecule has 0 spiro atoms. The highest BCUT2D eigenvalue weighted by Gasteiger charge is 2.41. The van der Waals surface area contributed by atoms with Crippen LogP contribution < -0.4 is 5.32 Å². The van der Waals surface area contributed by atoms with Gasteiger partial charge in [0.05, 0.1) is 25.2 Å². The first-order valence-electron chi connectivity index (χ1n) is 5.47. The number of likely N-dealkylation sites (N-methyl/N-ethyl adjacent to an activating group) is 1. The van der Waals surface area contributed by atoms with Crippen molar-refractivity contribution < 1.29 is 14.3 Å². The average Bonchev–Trinajstić information content (AvgIpc) is 2.29. The number of ether oxygens (including phenoxy) is 2. The highest BCUT2D eigenvalue weighted by molar-refractivity contribution is 5.71. The van der Waals surface area contributed by atoms with Crippen molar-refractivity contribution in [3.63, 3.8) is 0 Å². The van der Waals surface area contributed by atoms with Crippen LogP contribution in [0.3, 0.4) is 0 Å². The Labute approximate surface area is 91.3 Å². The first-order chi connectivity index (χ1) is 7.18. The van der Waals surface area contributed by atoms with E-state index in [0.717, 1.165) is 19.3 Å². The second kappa shape index (κ2) is 5.47. The molecule has 0 saturated heterocycles. The van der Waals surface area contributed by atoms with Gasteiger partial charge in [-0.15, -0.1) is 0 Å². The van der Waals surface area contributed by atoms with Gasteiger partial charge in [0.15, 0.2) is 0 Å². The van der Waals surface area contributed by atoms with Crippen LogP contribution in [0.25, 0.3) is 0 Å². The summed E-state index contributed by atoms with van der Waals surface area (Å²) >= 11 is 0. The third-order valence-electron chi connectivity index (χ3n) is 3.43. The molecule has 0 radical (unpaired) electrons.